The highest BCUT2D eigenvalue weighted by atomic mass is 32.2. The lowest BCUT2D eigenvalue weighted by atomic mass is 10.1. The largest absolute Gasteiger partial charge is 0.497 e. The van der Waals surface area contributed by atoms with Gasteiger partial charge in [-0.2, -0.15) is 0 Å². The predicted molar refractivity (Wildman–Crippen MR) is 131 cm³/mol. The Morgan fingerprint density at radius 1 is 1.16 bits per heavy atom. The number of methoxy groups -OCH3 is 1. The molecule has 0 aliphatic carbocycles. The minimum atomic E-state index is -0.0358. The lowest BCUT2D eigenvalue weighted by molar-refractivity contribution is -0.122. The van der Waals surface area contributed by atoms with Gasteiger partial charge in [0.15, 0.2) is 0 Å². The molecule has 2 aromatic rings. The summed E-state index contributed by atoms with van der Waals surface area (Å²) in [6.07, 6.45) is 4.73. The van der Waals surface area contributed by atoms with Crippen LogP contribution in [0.1, 0.15) is 36.8 Å². The molecule has 1 saturated heterocycles. The minimum Gasteiger partial charge on any atom is -0.497 e. The second kappa shape index (κ2) is 11.1. The molecule has 1 aliphatic heterocycles. The number of anilines is 1. The second-order valence-corrected chi connectivity index (χ2v) is 9.01. The molecule has 0 radical (unpaired) electrons. The molecule has 1 N–H and O–H groups in total. The van der Waals surface area contributed by atoms with E-state index in [1.165, 1.54) is 17.3 Å². The summed E-state index contributed by atoms with van der Waals surface area (Å²) in [6, 6.07) is 15.3. The molecule has 3 rings (SSSR count). The van der Waals surface area contributed by atoms with Crippen LogP contribution in [0.2, 0.25) is 0 Å². The average Bonchev–Trinajstić information content (AvgIpc) is 3.02. The van der Waals surface area contributed by atoms with Gasteiger partial charge in [0.1, 0.15) is 10.1 Å². The molecule has 0 aromatic heterocycles. The molecule has 2 aromatic carbocycles. The van der Waals surface area contributed by atoms with E-state index in [1.807, 2.05) is 55.5 Å². The van der Waals surface area contributed by atoms with E-state index < -0.39 is 0 Å². The molecular weight excluding hydrogens is 428 g/mol. The van der Waals surface area contributed by atoms with Gasteiger partial charge in [-0.3, -0.25) is 14.5 Å². The highest BCUT2D eigenvalue weighted by molar-refractivity contribution is 8.26. The van der Waals surface area contributed by atoms with Crippen molar-refractivity contribution in [3.8, 4) is 5.75 Å². The highest BCUT2D eigenvalue weighted by Gasteiger charge is 2.31. The number of aryl methyl sites for hydroxylation is 1. The summed E-state index contributed by atoms with van der Waals surface area (Å²) in [4.78, 5) is 27.1. The van der Waals surface area contributed by atoms with Crippen LogP contribution in [-0.2, 0) is 9.59 Å². The van der Waals surface area contributed by atoms with Gasteiger partial charge in [-0.15, -0.1) is 0 Å². The zero-order valence-electron chi connectivity index (χ0n) is 17.7. The summed E-state index contributed by atoms with van der Waals surface area (Å²) in [7, 11) is 1.59. The number of hydrogen-bond donors (Lipinski definition) is 1. The van der Waals surface area contributed by atoms with E-state index in [-0.39, 0.29) is 11.8 Å². The first-order valence-electron chi connectivity index (χ1n) is 10.2. The monoisotopic (exact) mass is 454 g/mol. The summed E-state index contributed by atoms with van der Waals surface area (Å²) in [5.74, 6) is 0.643. The number of thioether (sulfide) groups is 1. The lowest BCUT2D eigenvalue weighted by Crippen LogP contribution is -2.29. The number of ether oxygens (including phenoxy) is 1. The summed E-state index contributed by atoms with van der Waals surface area (Å²) in [5, 5.41) is 2.88. The fourth-order valence-corrected chi connectivity index (χ4v) is 4.47. The van der Waals surface area contributed by atoms with Crippen LogP contribution in [0.15, 0.2) is 53.4 Å². The number of carbonyl (C=O) groups is 2. The number of carbonyl (C=O) groups excluding carboxylic acids is 2. The van der Waals surface area contributed by atoms with Crippen LogP contribution in [-0.4, -0.2) is 34.7 Å². The van der Waals surface area contributed by atoms with Gasteiger partial charge in [-0.25, -0.2) is 0 Å². The van der Waals surface area contributed by atoms with Crippen LogP contribution in [0, 0.1) is 6.92 Å². The minimum absolute atomic E-state index is 0.0279. The Labute approximate surface area is 192 Å². The zero-order chi connectivity index (χ0) is 22.2. The number of benzene rings is 2. The van der Waals surface area contributed by atoms with Crippen molar-refractivity contribution < 1.29 is 14.3 Å². The van der Waals surface area contributed by atoms with E-state index in [2.05, 4.69) is 5.32 Å². The molecule has 162 valence electrons. The maximum absolute atomic E-state index is 12.7. The summed E-state index contributed by atoms with van der Waals surface area (Å²) in [5.41, 5.74) is 2.90. The maximum atomic E-state index is 12.7. The topological polar surface area (TPSA) is 58.6 Å². The first kappa shape index (κ1) is 23.0. The molecule has 7 heteroatoms. The zero-order valence-corrected chi connectivity index (χ0v) is 19.4. The molecule has 0 spiro atoms. The number of hydrogen-bond acceptors (Lipinski definition) is 5. The summed E-state index contributed by atoms with van der Waals surface area (Å²) < 4.78 is 5.76. The molecule has 1 aliphatic rings. The van der Waals surface area contributed by atoms with Gasteiger partial charge in [0.25, 0.3) is 5.91 Å². The Morgan fingerprint density at radius 3 is 2.68 bits per heavy atom. The van der Waals surface area contributed by atoms with Crippen molar-refractivity contribution in [3.63, 3.8) is 0 Å². The Kier molecular flexibility index (Phi) is 8.26. The van der Waals surface area contributed by atoms with Crippen molar-refractivity contribution >= 4 is 51.9 Å². The van der Waals surface area contributed by atoms with Crippen LogP contribution >= 0.6 is 24.0 Å². The summed E-state index contributed by atoms with van der Waals surface area (Å²) >= 11 is 6.75. The SMILES string of the molecule is COc1cccc(NC(=O)CCCCCN2C(=O)C(=Cc3ccc(C)cc3)SC2=S)c1. The number of amides is 2. The molecule has 1 fully saturated rings. The van der Waals surface area contributed by atoms with Crippen LogP contribution in [0.25, 0.3) is 6.08 Å². The van der Waals surface area contributed by atoms with Crippen molar-refractivity contribution in [2.45, 2.75) is 32.6 Å². The van der Waals surface area contributed by atoms with Gasteiger partial charge in [-0.1, -0.05) is 66.3 Å². The molecule has 5 nitrogen and oxygen atoms in total. The third-order valence-electron chi connectivity index (χ3n) is 4.89. The first-order chi connectivity index (χ1) is 15.0. The Morgan fingerprint density at radius 2 is 1.94 bits per heavy atom. The van der Waals surface area contributed by atoms with Crippen molar-refractivity contribution in [1.29, 1.82) is 0 Å². The van der Waals surface area contributed by atoms with Crippen molar-refractivity contribution in [3.05, 3.63) is 64.6 Å². The number of nitrogens with one attached hydrogen (secondary N) is 1. The van der Waals surface area contributed by atoms with E-state index in [1.54, 1.807) is 18.1 Å². The van der Waals surface area contributed by atoms with E-state index in [9.17, 15) is 9.59 Å². The van der Waals surface area contributed by atoms with Gasteiger partial charge in [0, 0.05) is 24.7 Å². The van der Waals surface area contributed by atoms with Gasteiger partial charge in [0.2, 0.25) is 5.91 Å². The van der Waals surface area contributed by atoms with Gasteiger partial charge < -0.3 is 10.1 Å². The average molecular weight is 455 g/mol. The molecule has 0 atom stereocenters. The van der Waals surface area contributed by atoms with Crippen LogP contribution in [0.3, 0.4) is 0 Å². The maximum Gasteiger partial charge on any atom is 0.266 e. The van der Waals surface area contributed by atoms with E-state index >= 15 is 0 Å². The fraction of sp³-hybridized carbons (Fsp3) is 0.292. The van der Waals surface area contributed by atoms with Crippen LogP contribution in [0.4, 0.5) is 5.69 Å². The van der Waals surface area contributed by atoms with Crippen LogP contribution < -0.4 is 10.1 Å². The number of unbranched alkanes of at least 4 members (excludes halogenated alkanes) is 2. The van der Waals surface area contributed by atoms with Crippen molar-refractivity contribution in [2.24, 2.45) is 0 Å². The van der Waals surface area contributed by atoms with Crippen molar-refractivity contribution in [2.75, 3.05) is 19.0 Å². The third kappa shape index (κ3) is 6.67. The molecule has 1 heterocycles. The van der Waals surface area contributed by atoms with Crippen molar-refractivity contribution in [1.82, 2.24) is 4.90 Å². The number of rotatable bonds is 9. The number of nitrogens with zero attached hydrogens (tertiary/aromatic N) is 1. The third-order valence-corrected chi connectivity index (χ3v) is 6.27. The van der Waals surface area contributed by atoms with Crippen LogP contribution in [0.5, 0.6) is 5.75 Å². The van der Waals surface area contributed by atoms with E-state index in [0.717, 1.165) is 30.5 Å². The normalized spacial score (nSPS) is 14.9. The quantitative estimate of drug-likeness (QED) is 0.312. The van der Waals surface area contributed by atoms with Gasteiger partial charge in [0.05, 0.1) is 12.0 Å². The van der Waals surface area contributed by atoms with Gasteiger partial charge >= 0.3 is 0 Å². The molecule has 2 amide bonds. The highest BCUT2D eigenvalue weighted by Crippen LogP contribution is 2.32. The molecule has 0 saturated carbocycles. The second-order valence-electron chi connectivity index (χ2n) is 7.33. The Bertz CT molecular complexity index is 987. The summed E-state index contributed by atoms with van der Waals surface area (Å²) in [6.45, 7) is 2.61. The lowest BCUT2D eigenvalue weighted by Gasteiger charge is -2.14. The predicted octanol–water partition coefficient (Wildman–Crippen LogP) is 5.40. The molecule has 0 bridgehead atoms. The fourth-order valence-electron chi connectivity index (χ4n) is 3.16. The smallest absolute Gasteiger partial charge is 0.266 e. The van der Waals surface area contributed by atoms with E-state index in [4.69, 9.17) is 17.0 Å². The first-order valence-corrected chi connectivity index (χ1v) is 11.4. The standard InChI is InChI=1S/C24H26N2O3S2/c1-17-10-12-18(13-11-17)15-21-23(28)26(24(30)31-21)14-5-3-4-9-22(27)25-19-7-6-8-20(16-19)29-2/h6-8,10-13,15-16H,3-5,9,14H2,1-2H3,(H,25,27). The molecular formula is C24H26N2O3S2. The Balaban J connectivity index is 1.41. The number of thiocarbonyl (C=S) groups is 1. The Hall–Kier alpha value is -2.64. The van der Waals surface area contributed by atoms with E-state index in [0.29, 0.717) is 27.9 Å². The molecule has 0 unspecified atom stereocenters. The molecule has 31 heavy (non-hydrogen) atoms. The van der Waals surface area contributed by atoms with Gasteiger partial charge in [-0.05, 0) is 43.5 Å².